The summed E-state index contributed by atoms with van der Waals surface area (Å²) in [6, 6.07) is 11.7. The summed E-state index contributed by atoms with van der Waals surface area (Å²) in [6.45, 7) is 0.590. The first kappa shape index (κ1) is 17.8. The lowest BCUT2D eigenvalue weighted by Gasteiger charge is -2.15. The molecule has 0 aromatic heterocycles. The zero-order chi connectivity index (χ0) is 17.5. The predicted octanol–water partition coefficient (Wildman–Crippen LogP) is 2.43. The van der Waals surface area contributed by atoms with Gasteiger partial charge in [0.15, 0.2) is 5.11 Å². The van der Waals surface area contributed by atoms with Crippen molar-refractivity contribution in [2.75, 3.05) is 6.54 Å². The van der Waals surface area contributed by atoms with Gasteiger partial charge in [-0.15, -0.1) is 0 Å². The average molecular weight is 349 g/mol. The summed E-state index contributed by atoms with van der Waals surface area (Å²) in [7, 11) is 0. The third-order valence-corrected chi connectivity index (χ3v) is 3.60. The van der Waals surface area contributed by atoms with Crippen molar-refractivity contribution in [1.82, 2.24) is 10.6 Å². The summed E-state index contributed by atoms with van der Waals surface area (Å²) in [5.41, 5.74) is 1.39. The van der Waals surface area contributed by atoms with Gasteiger partial charge in [0.2, 0.25) is 0 Å². The highest BCUT2D eigenvalue weighted by Crippen LogP contribution is 2.17. The van der Waals surface area contributed by atoms with Gasteiger partial charge in [-0.2, -0.15) is 0 Å². The van der Waals surface area contributed by atoms with Gasteiger partial charge >= 0.3 is 0 Å². The molecule has 0 aliphatic rings. The van der Waals surface area contributed by atoms with Crippen LogP contribution in [-0.4, -0.2) is 21.7 Å². The van der Waals surface area contributed by atoms with Crippen LogP contribution < -0.4 is 10.6 Å². The van der Waals surface area contributed by atoms with E-state index in [0.717, 1.165) is 5.56 Å². The van der Waals surface area contributed by atoms with E-state index in [4.69, 9.17) is 12.2 Å². The molecule has 0 aliphatic carbocycles. The van der Waals surface area contributed by atoms with Crippen molar-refractivity contribution in [3.05, 3.63) is 75.6 Å². The third kappa shape index (κ3) is 5.25. The molecule has 0 saturated heterocycles. The second-order valence-corrected chi connectivity index (χ2v) is 5.46. The number of nitrogens with one attached hydrogen (secondary N) is 2. The first-order valence-electron chi connectivity index (χ1n) is 7.14. The molecule has 126 valence electrons. The van der Waals surface area contributed by atoms with E-state index in [1.807, 2.05) is 0 Å². The molecule has 2 aromatic carbocycles. The smallest absolute Gasteiger partial charge is 0.269 e. The molecule has 0 fully saturated rings. The molecule has 0 aliphatic heterocycles. The molecule has 3 N–H and O–H groups in total. The first-order valence-corrected chi connectivity index (χ1v) is 7.55. The molecule has 6 nitrogen and oxygen atoms in total. The maximum atomic E-state index is 12.8. The minimum atomic E-state index is -0.851. The normalized spacial score (nSPS) is 11.6. The number of aliphatic hydroxyl groups excluding tert-OH is 1. The van der Waals surface area contributed by atoms with Gasteiger partial charge < -0.3 is 15.7 Å². The fourth-order valence-electron chi connectivity index (χ4n) is 1.97. The standard InChI is InChI=1S/C16H16FN3O3S/c17-13-5-1-11(2-6-13)9-18-16(24)19-10-15(21)12-3-7-14(8-4-12)20(22)23/h1-8,15,21H,9-10H2,(H2,18,19,24)/t15-/m1/s1. The average Bonchev–Trinajstić information content (AvgIpc) is 2.59. The van der Waals surface area contributed by atoms with Gasteiger partial charge in [0.05, 0.1) is 11.0 Å². The summed E-state index contributed by atoms with van der Waals surface area (Å²) < 4.78 is 12.8. The molecule has 1 atom stereocenters. The fraction of sp³-hybridized carbons (Fsp3) is 0.188. The molecular formula is C16H16FN3O3S. The zero-order valence-electron chi connectivity index (χ0n) is 12.6. The highest BCUT2D eigenvalue weighted by Gasteiger charge is 2.11. The van der Waals surface area contributed by atoms with Crippen LogP contribution in [0.25, 0.3) is 0 Å². The number of halogens is 1. The molecule has 2 aromatic rings. The van der Waals surface area contributed by atoms with Gasteiger partial charge in [-0.25, -0.2) is 4.39 Å². The number of aliphatic hydroxyl groups is 1. The van der Waals surface area contributed by atoms with E-state index in [1.165, 1.54) is 36.4 Å². The SMILES string of the molecule is O=[N+]([O-])c1ccc([C@H](O)CNC(=S)NCc2ccc(F)cc2)cc1. The van der Waals surface area contributed by atoms with Gasteiger partial charge in [-0.05, 0) is 47.6 Å². The van der Waals surface area contributed by atoms with Crippen molar-refractivity contribution < 1.29 is 14.4 Å². The third-order valence-electron chi connectivity index (χ3n) is 3.31. The molecule has 2 rings (SSSR count). The molecule has 8 heteroatoms. The second kappa shape index (κ2) is 8.32. The van der Waals surface area contributed by atoms with Crippen LogP contribution in [0, 0.1) is 15.9 Å². The Morgan fingerprint density at radius 2 is 1.79 bits per heavy atom. The Morgan fingerprint density at radius 1 is 1.17 bits per heavy atom. The maximum Gasteiger partial charge on any atom is 0.269 e. The molecule has 0 amide bonds. The van der Waals surface area contributed by atoms with Crippen molar-refractivity contribution in [2.45, 2.75) is 12.6 Å². The number of benzene rings is 2. The zero-order valence-corrected chi connectivity index (χ0v) is 13.4. The van der Waals surface area contributed by atoms with E-state index >= 15 is 0 Å². The number of rotatable bonds is 6. The minimum Gasteiger partial charge on any atom is -0.387 e. The topological polar surface area (TPSA) is 87.4 Å². The fourth-order valence-corrected chi connectivity index (χ4v) is 2.13. The molecule has 0 spiro atoms. The van der Waals surface area contributed by atoms with Crippen molar-refractivity contribution in [3.8, 4) is 0 Å². The summed E-state index contributed by atoms with van der Waals surface area (Å²) in [5, 5.41) is 26.8. The Hall–Kier alpha value is -2.58. The van der Waals surface area contributed by atoms with Crippen LogP contribution in [0.5, 0.6) is 0 Å². The summed E-state index contributed by atoms with van der Waals surface area (Å²) in [4.78, 5) is 10.1. The van der Waals surface area contributed by atoms with Crippen LogP contribution in [-0.2, 0) is 6.54 Å². The van der Waals surface area contributed by atoms with E-state index in [0.29, 0.717) is 17.2 Å². The second-order valence-electron chi connectivity index (χ2n) is 5.05. The largest absolute Gasteiger partial charge is 0.387 e. The molecule has 0 saturated carbocycles. The Bertz CT molecular complexity index is 708. The van der Waals surface area contributed by atoms with Gasteiger partial charge in [0.25, 0.3) is 5.69 Å². The lowest BCUT2D eigenvalue weighted by molar-refractivity contribution is -0.384. The molecule has 0 heterocycles. The highest BCUT2D eigenvalue weighted by molar-refractivity contribution is 7.80. The van der Waals surface area contributed by atoms with E-state index in [2.05, 4.69) is 10.6 Å². The van der Waals surface area contributed by atoms with Gasteiger partial charge in [-0.1, -0.05) is 12.1 Å². The van der Waals surface area contributed by atoms with Crippen LogP contribution >= 0.6 is 12.2 Å². The van der Waals surface area contributed by atoms with Crippen LogP contribution in [0.2, 0.25) is 0 Å². The van der Waals surface area contributed by atoms with Crippen LogP contribution in [0.3, 0.4) is 0 Å². The Balaban J connectivity index is 1.78. The first-order chi connectivity index (χ1) is 11.5. The molecule has 0 bridgehead atoms. The molecule has 0 radical (unpaired) electrons. The number of nitro groups is 1. The monoisotopic (exact) mass is 349 g/mol. The number of nitrogens with zero attached hydrogens (tertiary/aromatic N) is 1. The van der Waals surface area contributed by atoms with Crippen LogP contribution in [0.4, 0.5) is 10.1 Å². The van der Waals surface area contributed by atoms with Crippen molar-refractivity contribution in [3.63, 3.8) is 0 Å². The van der Waals surface area contributed by atoms with E-state index in [1.54, 1.807) is 12.1 Å². The Labute approximate surface area is 143 Å². The quantitative estimate of drug-likeness (QED) is 0.422. The van der Waals surface area contributed by atoms with Crippen molar-refractivity contribution in [2.24, 2.45) is 0 Å². The lowest BCUT2D eigenvalue weighted by atomic mass is 10.1. The van der Waals surface area contributed by atoms with Gasteiger partial charge in [0.1, 0.15) is 5.82 Å². The number of non-ortho nitro benzene ring substituents is 1. The number of nitro benzene ring substituents is 1. The summed E-state index contributed by atoms with van der Waals surface area (Å²) in [6.07, 6.45) is -0.851. The molecule has 0 unspecified atom stereocenters. The van der Waals surface area contributed by atoms with Crippen LogP contribution in [0.1, 0.15) is 17.2 Å². The van der Waals surface area contributed by atoms with Gasteiger partial charge in [-0.3, -0.25) is 10.1 Å². The number of hydrogen-bond donors (Lipinski definition) is 3. The molecule has 24 heavy (non-hydrogen) atoms. The number of hydrogen-bond acceptors (Lipinski definition) is 4. The predicted molar refractivity (Wildman–Crippen MR) is 91.9 cm³/mol. The highest BCUT2D eigenvalue weighted by atomic mass is 32.1. The van der Waals surface area contributed by atoms with E-state index in [-0.39, 0.29) is 18.0 Å². The molecular weight excluding hydrogens is 333 g/mol. The van der Waals surface area contributed by atoms with E-state index in [9.17, 15) is 19.6 Å². The Morgan fingerprint density at radius 3 is 2.38 bits per heavy atom. The summed E-state index contributed by atoms with van der Waals surface area (Å²) in [5.74, 6) is -0.300. The minimum absolute atomic E-state index is 0.0320. The lowest BCUT2D eigenvalue weighted by Crippen LogP contribution is -2.37. The van der Waals surface area contributed by atoms with E-state index < -0.39 is 11.0 Å². The summed E-state index contributed by atoms with van der Waals surface area (Å²) >= 11 is 5.11. The maximum absolute atomic E-state index is 12.8. The number of thiocarbonyl (C=S) groups is 1. The van der Waals surface area contributed by atoms with Crippen molar-refractivity contribution >= 4 is 23.0 Å². The van der Waals surface area contributed by atoms with Crippen LogP contribution in [0.15, 0.2) is 48.5 Å². The Kier molecular flexibility index (Phi) is 6.16. The van der Waals surface area contributed by atoms with Crippen molar-refractivity contribution in [1.29, 1.82) is 0 Å². The van der Waals surface area contributed by atoms with Gasteiger partial charge in [0, 0.05) is 25.2 Å².